The summed E-state index contributed by atoms with van der Waals surface area (Å²) in [4.78, 5) is 15.3. The van der Waals surface area contributed by atoms with Gasteiger partial charge in [-0.25, -0.2) is 4.79 Å². The number of benzene rings is 3. The molecule has 174 valence electrons. The van der Waals surface area contributed by atoms with E-state index in [0.29, 0.717) is 41.5 Å². The molecular weight excluding hydrogens is 430 g/mol. The maximum absolute atomic E-state index is 13.1. The highest BCUT2D eigenvalue weighted by molar-refractivity contribution is 5.87. The first-order valence-electron chi connectivity index (χ1n) is 11.4. The molecule has 0 saturated heterocycles. The Hall–Kier alpha value is -3.77. The van der Waals surface area contributed by atoms with Crippen LogP contribution in [0.4, 0.5) is 0 Å². The first-order valence-corrected chi connectivity index (χ1v) is 11.4. The number of ether oxygens (including phenoxy) is 3. The molecule has 0 N–H and O–H groups in total. The molecule has 3 aromatic carbocycles. The van der Waals surface area contributed by atoms with E-state index in [1.165, 1.54) is 5.56 Å². The summed E-state index contributed by atoms with van der Waals surface area (Å²) < 4.78 is 22.7. The summed E-state index contributed by atoms with van der Waals surface area (Å²) in [5, 5.41) is 0.841. The standard InChI is InChI=1S/C28H27NO5/c1-31-21-11-13-25(32-2)22(16-21)23-15-20-10-12-26-24(27(20)34-28(23)30)17-29(18-33-26)14-6-9-19-7-4-3-5-8-19/h3-5,7-8,10-13,15-16H,6,9,14,17-18H2,1-2H3. The molecule has 2 heterocycles. The van der Waals surface area contributed by atoms with Crippen LogP contribution in [0, 0.1) is 0 Å². The van der Waals surface area contributed by atoms with Gasteiger partial charge in [0.2, 0.25) is 0 Å². The van der Waals surface area contributed by atoms with Gasteiger partial charge in [0.25, 0.3) is 0 Å². The summed E-state index contributed by atoms with van der Waals surface area (Å²) in [5.41, 5.74) is 3.45. The van der Waals surface area contributed by atoms with E-state index in [9.17, 15) is 4.79 Å². The lowest BCUT2D eigenvalue weighted by Crippen LogP contribution is -2.33. The van der Waals surface area contributed by atoms with Crippen LogP contribution in [-0.4, -0.2) is 32.4 Å². The van der Waals surface area contributed by atoms with E-state index in [0.717, 1.165) is 36.1 Å². The van der Waals surface area contributed by atoms with E-state index in [4.69, 9.17) is 18.6 Å². The number of hydrogen-bond acceptors (Lipinski definition) is 6. The topological polar surface area (TPSA) is 61.1 Å². The van der Waals surface area contributed by atoms with Crippen molar-refractivity contribution in [1.29, 1.82) is 0 Å². The summed E-state index contributed by atoms with van der Waals surface area (Å²) in [7, 11) is 3.17. The van der Waals surface area contributed by atoms with Gasteiger partial charge in [0, 0.05) is 24.0 Å². The number of hydrogen-bond donors (Lipinski definition) is 0. The number of methoxy groups -OCH3 is 2. The lowest BCUT2D eigenvalue weighted by molar-refractivity contribution is 0.0946. The molecule has 4 aromatic rings. The fourth-order valence-corrected chi connectivity index (χ4v) is 4.45. The van der Waals surface area contributed by atoms with Crippen molar-refractivity contribution in [2.75, 3.05) is 27.5 Å². The fourth-order valence-electron chi connectivity index (χ4n) is 4.45. The minimum absolute atomic E-state index is 0.423. The van der Waals surface area contributed by atoms with E-state index in [1.54, 1.807) is 32.4 Å². The van der Waals surface area contributed by atoms with Crippen molar-refractivity contribution < 1.29 is 18.6 Å². The Labute approximate surface area is 198 Å². The van der Waals surface area contributed by atoms with Crippen LogP contribution in [-0.2, 0) is 13.0 Å². The van der Waals surface area contributed by atoms with Gasteiger partial charge in [-0.05, 0) is 54.8 Å². The Morgan fingerprint density at radius 1 is 0.941 bits per heavy atom. The van der Waals surface area contributed by atoms with Crippen molar-refractivity contribution in [1.82, 2.24) is 4.90 Å². The zero-order valence-electron chi connectivity index (χ0n) is 19.4. The largest absolute Gasteiger partial charge is 0.497 e. The Kier molecular flexibility index (Phi) is 6.23. The Balaban J connectivity index is 1.43. The van der Waals surface area contributed by atoms with Crippen LogP contribution >= 0.6 is 0 Å². The zero-order valence-corrected chi connectivity index (χ0v) is 19.4. The van der Waals surface area contributed by atoms with Gasteiger partial charge in [0.15, 0.2) is 0 Å². The molecule has 0 amide bonds. The number of nitrogens with zero attached hydrogens (tertiary/aromatic N) is 1. The molecule has 0 radical (unpaired) electrons. The molecule has 6 heteroatoms. The molecule has 6 nitrogen and oxygen atoms in total. The minimum atomic E-state index is -0.423. The molecule has 1 aromatic heterocycles. The van der Waals surface area contributed by atoms with Gasteiger partial charge in [0.1, 0.15) is 29.6 Å². The minimum Gasteiger partial charge on any atom is -0.497 e. The molecular formula is C28H27NO5. The van der Waals surface area contributed by atoms with Gasteiger partial charge >= 0.3 is 5.63 Å². The second-order valence-electron chi connectivity index (χ2n) is 8.39. The molecule has 0 bridgehead atoms. The Morgan fingerprint density at radius 2 is 1.79 bits per heavy atom. The van der Waals surface area contributed by atoms with Crippen molar-refractivity contribution >= 4 is 11.0 Å². The zero-order chi connectivity index (χ0) is 23.5. The summed E-state index contributed by atoms with van der Waals surface area (Å²) >= 11 is 0. The third-order valence-corrected chi connectivity index (χ3v) is 6.23. The van der Waals surface area contributed by atoms with Crippen LogP contribution in [0.3, 0.4) is 0 Å². The monoisotopic (exact) mass is 457 g/mol. The van der Waals surface area contributed by atoms with Crippen LogP contribution < -0.4 is 19.8 Å². The normalized spacial score (nSPS) is 13.4. The van der Waals surface area contributed by atoms with E-state index >= 15 is 0 Å². The third-order valence-electron chi connectivity index (χ3n) is 6.23. The summed E-state index contributed by atoms with van der Waals surface area (Å²) in [6, 6.07) is 21.6. The lowest BCUT2D eigenvalue weighted by Gasteiger charge is -2.29. The van der Waals surface area contributed by atoms with Crippen molar-refractivity contribution in [3.8, 4) is 28.4 Å². The van der Waals surface area contributed by atoms with E-state index in [2.05, 4.69) is 29.2 Å². The number of fused-ring (bicyclic) bond motifs is 3. The SMILES string of the molecule is COc1ccc(OC)c(-c2cc3ccc4c(c3oc2=O)CN(CCCc2ccccc2)CO4)c1. The van der Waals surface area contributed by atoms with Crippen LogP contribution in [0.2, 0.25) is 0 Å². The van der Waals surface area contributed by atoms with Gasteiger partial charge < -0.3 is 18.6 Å². The molecule has 0 spiro atoms. The highest BCUT2D eigenvalue weighted by Crippen LogP contribution is 2.36. The van der Waals surface area contributed by atoms with Crippen molar-refractivity contribution in [2.24, 2.45) is 0 Å². The molecule has 0 unspecified atom stereocenters. The van der Waals surface area contributed by atoms with Gasteiger partial charge in [-0.15, -0.1) is 0 Å². The van der Waals surface area contributed by atoms with Crippen molar-refractivity contribution in [3.05, 3.63) is 88.3 Å². The predicted octanol–water partition coefficient (Wildman–Crippen LogP) is 5.26. The van der Waals surface area contributed by atoms with E-state index in [-0.39, 0.29) is 0 Å². The van der Waals surface area contributed by atoms with Crippen molar-refractivity contribution in [3.63, 3.8) is 0 Å². The van der Waals surface area contributed by atoms with Crippen LogP contribution in [0.15, 0.2) is 75.9 Å². The highest BCUT2D eigenvalue weighted by atomic mass is 16.5. The van der Waals surface area contributed by atoms with Gasteiger partial charge in [-0.1, -0.05) is 30.3 Å². The van der Waals surface area contributed by atoms with Crippen molar-refractivity contribution in [2.45, 2.75) is 19.4 Å². The predicted molar refractivity (Wildman–Crippen MR) is 132 cm³/mol. The summed E-state index contributed by atoms with van der Waals surface area (Å²) in [6.07, 6.45) is 2.04. The summed E-state index contributed by atoms with van der Waals surface area (Å²) in [6.45, 7) is 2.09. The van der Waals surface area contributed by atoms with Crippen LogP contribution in [0.25, 0.3) is 22.1 Å². The van der Waals surface area contributed by atoms with Gasteiger partial charge in [-0.3, -0.25) is 4.90 Å². The van der Waals surface area contributed by atoms with Gasteiger partial charge in [0.05, 0.1) is 25.3 Å². The quantitative estimate of drug-likeness (QED) is 0.353. The molecule has 0 saturated carbocycles. The third kappa shape index (κ3) is 4.37. The van der Waals surface area contributed by atoms with Crippen LogP contribution in [0.1, 0.15) is 17.5 Å². The van der Waals surface area contributed by atoms with E-state index < -0.39 is 5.63 Å². The molecule has 0 atom stereocenters. The smallest absolute Gasteiger partial charge is 0.344 e. The Morgan fingerprint density at radius 3 is 2.59 bits per heavy atom. The van der Waals surface area contributed by atoms with Gasteiger partial charge in [-0.2, -0.15) is 0 Å². The first kappa shape index (κ1) is 22.0. The number of aryl methyl sites for hydroxylation is 1. The average molecular weight is 458 g/mol. The molecule has 1 aliphatic rings. The molecule has 5 rings (SSSR count). The molecule has 1 aliphatic heterocycles. The second-order valence-corrected chi connectivity index (χ2v) is 8.39. The average Bonchev–Trinajstić information content (AvgIpc) is 2.88. The fraction of sp³-hybridized carbons (Fsp3) is 0.250. The maximum atomic E-state index is 13.1. The second kappa shape index (κ2) is 9.61. The van der Waals surface area contributed by atoms with E-state index in [1.807, 2.05) is 24.3 Å². The highest BCUT2D eigenvalue weighted by Gasteiger charge is 2.22. The first-order chi connectivity index (χ1) is 16.7. The van der Waals surface area contributed by atoms with Crippen LogP contribution in [0.5, 0.6) is 17.2 Å². The molecule has 0 fully saturated rings. The number of rotatable bonds is 7. The Bertz CT molecular complexity index is 1360. The lowest BCUT2D eigenvalue weighted by atomic mass is 10.0. The molecule has 34 heavy (non-hydrogen) atoms. The maximum Gasteiger partial charge on any atom is 0.344 e. The summed E-state index contributed by atoms with van der Waals surface area (Å²) in [5.74, 6) is 1.99. The molecule has 0 aliphatic carbocycles.